The van der Waals surface area contributed by atoms with E-state index in [-0.39, 0.29) is 12.0 Å². The summed E-state index contributed by atoms with van der Waals surface area (Å²) in [6.45, 7) is 1.48. The Balaban J connectivity index is 1.83. The molecule has 0 radical (unpaired) electrons. The quantitative estimate of drug-likeness (QED) is 0.752. The lowest BCUT2D eigenvalue weighted by Gasteiger charge is -2.13. The van der Waals surface area contributed by atoms with Crippen LogP contribution in [-0.4, -0.2) is 23.9 Å². The van der Waals surface area contributed by atoms with Crippen LogP contribution in [0.4, 0.5) is 5.00 Å². The third-order valence-electron chi connectivity index (χ3n) is 3.31. The first-order valence-corrected chi connectivity index (χ1v) is 8.27. The zero-order valence-electron chi connectivity index (χ0n) is 13.2. The SMILES string of the molecule is C[C@H](OC(=O)CCc1ccccc1)C(=O)Nc1sccc1C(N)=O. The Labute approximate surface area is 143 Å². The normalized spacial score (nSPS) is 11.5. The van der Waals surface area contributed by atoms with Crippen LogP contribution in [0.15, 0.2) is 41.8 Å². The first kappa shape index (κ1) is 17.7. The maximum Gasteiger partial charge on any atom is 0.306 e. The van der Waals surface area contributed by atoms with Gasteiger partial charge in [-0.25, -0.2) is 0 Å². The number of amides is 2. The Morgan fingerprint density at radius 3 is 2.58 bits per heavy atom. The van der Waals surface area contributed by atoms with E-state index in [9.17, 15) is 14.4 Å². The van der Waals surface area contributed by atoms with Crippen LogP contribution in [0.1, 0.15) is 29.3 Å². The van der Waals surface area contributed by atoms with Crippen LogP contribution in [0.2, 0.25) is 0 Å². The minimum atomic E-state index is -0.962. The van der Waals surface area contributed by atoms with Gasteiger partial charge >= 0.3 is 5.97 Å². The minimum Gasteiger partial charge on any atom is -0.453 e. The molecule has 0 spiro atoms. The number of esters is 1. The molecule has 0 bridgehead atoms. The number of anilines is 1. The molecule has 1 atom stereocenters. The minimum absolute atomic E-state index is 0.188. The lowest BCUT2D eigenvalue weighted by Crippen LogP contribution is -2.30. The summed E-state index contributed by atoms with van der Waals surface area (Å²) in [5.41, 5.74) is 6.47. The van der Waals surface area contributed by atoms with Crippen molar-refractivity contribution in [1.82, 2.24) is 0 Å². The topological polar surface area (TPSA) is 98.5 Å². The number of rotatable bonds is 7. The van der Waals surface area contributed by atoms with Gasteiger partial charge in [-0.3, -0.25) is 14.4 Å². The molecule has 24 heavy (non-hydrogen) atoms. The van der Waals surface area contributed by atoms with E-state index in [0.717, 1.165) is 5.56 Å². The van der Waals surface area contributed by atoms with E-state index < -0.39 is 23.9 Å². The molecule has 0 unspecified atom stereocenters. The standard InChI is InChI=1S/C17H18N2O4S/c1-11(16(22)19-17-13(15(18)21)9-10-24-17)23-14(20)8-7-12-5-3-2-4-6-12/h2-6,9-11H,7-8H2,1H3,(H2,18,21)(H,19,22)/t11-/m0/s1. The van der Waals surface area contributed by atoms with Crippen molar-refractivity contribution >= 4 is 34.1 Å². The number of aryl methyl sites for hydroxylation is 1. The first-order valence-electron chi connectivity index (χ1n) is 7.39. The van der Waals surface area contributed by atoms with Crippen LogP contribution in [-0.2, 0) is 20.7 Å². The number of hydrogen-bond acceptors (Lipinski definition) is 5. The number of primary amides is 1. The van der Waals surface area contributed by atoms with Gasteiger partial charge in [0.15, 0.2) is 6.10 Å². The van der Waals surface area contributed by atoms with E-state index in [4.69, 9.17) is 10.5 Å². The smallest absolute Gasteiger partial charge is 0.306 e. The number of carbonyl (C=O) groups is 3. The Bertz CT molecular complexity index is 727. The summed E-state index contributed by atoms with van der Waals surface area (Å²) in [6, 6.07) is 11.1. The lowest BCUT2D eigenvalue weighted by atomic mass is 10.1. The van der Waals surface area contributed by atoms with E-state index >= 15 is 0 Å². The summed E-state index contributed by atoms with van der Waals surface area (Å²) in [5, 5.41) is 4.54. The van der Waals surface area contributed by atoms with Crippen LogP contribution < -0.4 is 11.1 Å². The number of hydrogen-bond donors (Lipinski definition) is 2. The van der Waals surface area contributed by atoms with Crippen molar-refractivity contribution in [3.63, 3.8) is 0 Å². The fourth-order valence-corrected chi connectivity index (χ4v) is 2.81. The fraction of sp³-hybridized carbons (Fsp3) is 0.235. The molecular formula is C17H18N2O4S. The molecular weight excluding hydrogens is 328 g/mol. The van der Waals surface area contributed by atoms with Crippen molar-refractivity contribution in [2.45, 2.75) is 25.9 Å². The monoisotopic (exact) mass is 346 g/mol. The molecule has 0 fully saturated rings. The molecule has 1 aromatic carbocycles. The van der Waals surface area contributed by atoms with Gasteiger partial charge in [-0.1, -0.05) is 30.3 Å². The molecule has 1 aromatic heterocycles. The average molecular weight is 346 g/mol. The number of thiophene rings is 1. The molecule has 3 N–H and O–H groups in total. The second-order valence-electron chi connectivity index (χ2n) is 5.13. The van der Waals surface area contributed by atoms with Crippen LogP contribution >= 0.6 is 11.3 Å². The Morgan fingerprint density at radius 2 is 1.92 bits per heavy atom. The highest BCUT2D eigenvalue weighted by Crippen LogP contribution is 2.23. The van der Waals surface area contributed by atoms with Crippen molar-refractivity contribution in [1.29, 1.82) is 0 Å². The molecule has 6 nitrogen and oxygen atoms in total. The van der Waals surface area contributed by atoms with Crippen molar-refractivity contribution < 1.29 is 19.1 Å². The molecule has 2 amide bonds. The zero-order valence-corrected chi connectivity index (χ0v) is 14.0. The highest BCUT2D eigenvalue weighted by atomic mass is 32.1. The molecule has 1 heterocycles. The van der Waals surface area contributed by atoms with Crippen LogP contribution in [0, 0.1) is 0 Å². The van der Waals surface area contributed by atoms with Gasteiger partial charge in [0.05, 0.1) is 5.56 Å². The second kappa shape index (κ2) is 8.26. The van der Waals surface area contributed by atoms with Crippen molar-refractivity contribution in [3.8, 4) is 0 Å². The van der Waals surface area contributed by atoms with Gasteiger partial charge in [0.25, 0.3) is 11.8 Å². The molecule has 0 saturated heterocycles. The fourth-order valence-electron chi connectivity index (χ4n) is 2.01. The molecule has 0 aliphatic rings. The van der Waals surface area contributed by atoms with Gasteiger partial charge in [-0.2, -0.15) is 0 Å². The molecule has 0 aliphatic heterocycles. The summed E-state index contributed by atoms with van der Waals surface area (Å²) in [4.78, 5) is 35.1. The van der Waals surface area contributed by atoms with Crippen molar-refractivity contribution in [2.75, 3.05) is 5.32 Å². The third kappa shape index (κ3) is 4.92. The van der Waals surface area contributed by atoms with Crippen molar-refractivity contribution in [3.05, 3.63) is 52.9 Å². The predicted molar refractivity (Wildman–Crippen MR) is 91.8 cm³/mol. The maximum atomic E-state index is 12.1. The van der Waals surface area contributed by atoms with E-state index in [1.165, 1.54) is 24.3 Å². The summed E-state index contributed by atoms with van der Waals surface area (Å²) in [7, 11) is 0. The van der Waals surface area contributed by atoms with E-state index in [2.05, 4.69) is 5.32 Å². The molecule has 0 aliphatic carbocycles. The number of benzene rings is 1. The zero-order chi connectivity index (χ0) is 17.5. The summed E-state index contributed by atoms with van der Waals surface area (Å²) >= 11 is 1.18. The largest absolute Gasteiger partial charge is 0.453 e. The molecule has 126 valence electrons. The van der Waals surface area contributed by atoms with Crippen LogP contribution in [0.25, 0.3) is 0 Å². The summed E-state index contributed by atoms with van der Waals surface area (Å²) in [5.74, 6) is -1.59. The number of nitrogens with one attached hydrogen (secondary N) is 1. The van der Waals surface area contributed by atoms with Gasteiger partial charge in [-0.15, -0.1) is 11.3 Å². The Kier molecular flexibility index (Phi) is 6.08. The summed E-state index contributed by atoms with van der Waals surface area (Å²) in [6.07, 6.45) is -0.228. The van der Waals surface area contributed by atoms with E-state index in [0.29, 0.717) is 11.4 Å². The van der Waals surface area contributed by atoms with E-state index in [1.807, 2.05) is 30.3 Å². The first-order chi connectivity index (χ1) is 11.5. The summed E-state index contributed by atoms with van der Waals surface area (Å²) < 4.78 is 5.12. The van der Waals surface area contributed by atoms with Gasteiger partial charge in [0.2, 0.25) is 0 Å². The Morgan fingerprint density at radius 1 is 1.21 bits per heavy atom. The molecule has 0 saturated carbocycles. The lowest BCUT2D eigenvalue weighted by molar-refractivity contribution is -0.153. The van der Waals surface area contributed by atoms with Gasteiger partial charge in [-0.05, 0) is 30.4 Å². The highest BCUT2D eigenvalue weighted by Gasteiger charge is 2.20. The number of carbonyl (C=O) groups excluding carboxylic acids is 3. The highest BCUT2D eigenvalue weighted by molar-refractivity contribution is 7.14. The van der Waals surface area contributed by atoms with E-state index in [1.54, 1.807) is 5.38 Å². The molecule has 2 aromatic rings. The van der Waals surface area contributed by atoms with Crippen molar-refractivity contribution in [2.24, 2.45) is 5.73 Å². The van der Waals surface area contributed by atoms with Gasteiger partial charge in [0.1, 0.15) is 5.00 Å². The van der Waals surface area contributed by atoms with Crippen LogP contribution in [0.3, 0.4) is 0 Å². The second-order valence-corrected chi connectivity index (χ2v) is 6.05. The molecule has 2 rings (SSSR count). The number of nitrogens with two attached hydrogens (primary N) is 1. The number of ether oxygens (including phenoxy) is 1. The Hall–Kier alpha value is -2.67. The molecule has 7 heteroatoms. The average Bonchev–Trinajstić information content (AvgIpc) is 3.02. The predicted octanol–water partition coefficient (Wildman–Crippen LogP) is 2.35. The van der Waals surface area contributed by atoms with Gasteiger partial charge < -0.3 is 15.8 Å². The van der Waals surface area contributed by atoms with Gasteiger partial charge in [0, 0.05) is 6.42 Å². The van der Waals surface area contributed by atoms with Crippen LogP contribution in [0.5, 0.6) is 0 Å². The third-order valence-corrected chi connectivity index (χ3v) is 4.14. The maximum absolute atomic E-state index is 12.1.